The van der Waals surface area contributed by atoms with Crippen LogP contribution >= 0.6 is 0 Å². The first kappa shape index (κ1) is 19.8. The highest BCUT2D eigenvalue weighted by Gasteiger charge is 2.09. The first-order valence-electron chi connectivity index (χ1n) is 7.28. The topological polar surface area (TPSA) is 100.0 Å². The van der Waals surface area contributed by atoms with E-state index in [1.165, 1.54) is 37.7 Å². The number of allylic oxidation sites excluding steroid dienone is 4. The summed E-state index contributed by atoms with van der Waals surface area (Å²) in [5, 5.41) is 0. The molecule has 0 spiro atoms. The second kappa shape index (κ2) is 10.5. The second-order valence-corrected chi connectivity index (χ2v) is 4.47. The minimum absolute atomic E-state index is 0.0167. The van der Waals surface area contributed by atoms with Crippen molar-refractivity contribution in [2.45, 2.75) is 13.8 Å². The molecule has 0 unspecified atom stereocenters. The van der Waals surface area contributed by atoms with Crippen LogP contribution in [0.4, 0.5) is 0 Å². The fourth-order valence-corrected chi connectivity index (χ4v) is 1.60. The molecule has 1 rings (SSSR count). The van der Waals surface area contributed by atoms with Gasteiger partial charge in [0, 0.05) is 18.5 Å². The first-order valence-corrected chi connectivity index (χ1v) is 7.28. The number of aromatic nitrogens is 2. The number of hydrogen-bond donors (Lipinski definition) is 0. The molecule has 0 radical (unpaired) electrons. The van der Waals surface area contributed by atoms with E-state index >= 15 is 0 Å². The van der Waals surface area contributed by atoms with Gasteiger partial charge < -0.3 is 14.2 Å². The number of carbonyl (C=O) groups is 2. The lowest BCUT2D eigenvalue weighted by Gasteiger charge is -2.05. The van der Waals surface area contributed by atoms with Crippen LogP contribution in [0.25, 0.3) is 0 Å². The van der Waals surface area contributed by atoms with Crippen molar-refractivity contribution in [1.29, 1.82) is 0 Å². The standard InChI is InChI=1S/C17H19N3O5/c1-5-24-15(21)7-6-13(11-18-3)10-12(2)25-17-19-9-8-14(20-17)16(22)23-4/h6-11H,3,5H2,1-2,4H3/b7-6+,12-10+,13-11-. The van der Waals surface area contributed by atoms with Crippen LogP contribution in [0.15, 0.2) is 53.0 Å². The molecule has 0 saturated heterocycles. The lowest BCUT2D eigenvalue weighted by Crippen LogP contribution is -2.06. The van der Waals surface area contributed by atoms with E-state index < -0.39 is 11.9 Å². The predicted octanol–water partition coefficient (Wildman–Crippen LogP) is 2.25. The van der Waals surface area contributed by atoms with E-state index in [-0.39, 0.29) is 18.3 Å². The molecule has 0 saturated carbocycles. The average Bonchev–Trinajstić information content (AvgIpc) is 2.59. The van der Waals surface area contributed by atoms with Crippen LogP contribution in [0.5, 0.6) is 6.01 Å². The Morgan fingerprint density at radius 2 is 2.12 bits per heavy atom. The van der Waals surface area contributed by atoms with Crippen LogP contribution < -0.4 is 4.74 Å². The zero-order valence-corrected chi connectivity index (χ0v) is 14.3. The molecule has 1 aromatic heterocycles. The highest BCUT2D eigenvalue weighted by molar-refractivity contribution is 5.87. The summed E-state index contributed by atoms with van der Waals surface area (Å²) in [5.41, 5.74) is 0.621. The van der Waals surface area contributed by atoms with Crippen molar-refractivity contribution in [3.63, 3.8) is 0 Å². The van der Waals surface area contributed by atoms with E-state index in [4.69, 9.17) is 9.47 Å². The maximum absolute atomic E-state index is 11.5. The normalized spacial score (nSPS) is 12.0. The van der Waals surface area contributed by atoms with Gasteiger partial charge in [-0.1, -0.05) is 0 Å². The van der Waals surface area contributed by atoms with Crippen LogP contribution in [-0.2, 0) is 14.3 Å². The largest absolute Gasteiger partial charge is 0.464 e. The smallest absolute Gasteiger partial charge is 0.356 e. The van der Waals surface area contributed by atoms with Gasteiger partial charge in [-0.2, -0.15) is 4.98 Å². The molecule has 0 amide bonds. The number of hydrogen-bond acceptors (Lipinski definition) is 8. The number of methoxy groups -OCH3 is 1. The van der Waals surface area contributed by atoms with Crippen LogP contribution in [0.2, 0.25) is 0 Å². The van der Waals surface area contributed by atoms with Crippen LogP contribution in [-0.4, -0.2) is 42.3 Å². The van der Waals surface area contributed by atoms with Gasteiger partial charge in [-0.3, -0.25) is 4.99 Å². The summed E-state index contributed by atoms with van der Waals surface area (Å²) < 4.78 is 14.8. The number of nitrogens with zero attached hydrogens (tertiary/aromatic N) is 3. The molecular weight excluding hydrogens is 326 g/mol. The molecule has 0 atom stereocenters. The summed E-state index contributed by atoms with van der Waals surface area (Å²) in [6.45, 7) is 7.03. The summed E-state index contributed by atoms with van der Waals surface area (Å²) in [4.78, 5) is 34.3. The Hall–Kier alpha value is -3.29. The summed E-state index contributed by atoms with van der Waals surface area (Å²) in [5.74, 6) is -0.660. The van der Waals surface area contributed by atoms with Crippen molar-refractivity contribution >= 4 is 18.7 Å². The Morgan fingerprint density at radius 3 is 2.76 bits per heavy atom. The van der Waals surface area contributed by atoms with E-state index in [1.54, 1.807) is 19.9 Å². The number of esters is 2. The fraction of sp³-hybridized carbons (Fsp3) is 0.235. The van der Waals surface area contributed by atoms with Gasteiger partial charge in [0.15, 0.2) is 5.69 Å². The zero-order valence-electron chi connectivity index (χ0n) is 14.3. The van der Waals surface area contributed by atoms with E-state index in [2.05, 4.69) is 26.4 Å². The molecule has 1 aromatic rings. The lowest BCUT2D eigenvalue weighted by atomic mass is 10.2. The minimum atomic E-state index is -0.595. The Bertz CT molecular complexity index is 723. The Morgan fingerprint density at radius 1 is 1.36 bits per heavy atom. The average molecular weight is 345 g/mol. The maximum atomic E-state index is 11.5. The summed E-state index contributed by atoms with van der Waals surface area (Å²) >= 11 is 0. The fourth-order valence-electron chi connectivity index (χ4n) is 1.60. The van der Waals surface area contributed by atoms with Crippen LogP contribution in [0.3, 0.4) is 0 Å². The third-order valence-electron chi connectivity index (χ3n) is 2.59. The molecule has 0 aromatic carbocycles. The molecule has 0 aliphatic heterocycles. The quantitative estimate of drug-likeness (QED) is 0.234. The van der Waals surface area contributed by atoms with Gasteiger partial charge >= 0.3 is 17.9 Å². The van der Waals surface area contributed by atoms with Crippen LogP contribution in [0.1, 0.15) is 24.3 Å². The minimum Gasteiger partial charge on any atom is -0.464 e. The number of aliphatic imine (C=N–C) groups is 1. The monoisotopic (exact) mass is 345 g/mol. The highest BCUT2D eigenvalue weighted by atomic mass is 16.5. The SMILES string of the molecule is C=N/C=C(/C=C/C(=O)OCC)\C=C(/C)Oc1nccc(C(=O)OC)n1. The molecule has 132 valence electrons. The van der Waals surface area contributed by atoms with Crippen molar-refractivity contribution in [3.8, 4) is 6.01 Å². The van der Waals surface area contributed by atoms with E-state index in [9.17, 15) is 9.59 Å². The predicted molar refractivity (Wildman–Crippen MR) is 91.2 cm³/mol. The summed E-state index contributed by atoms with van der Waals surface area (Å²) in [7, 11) is 1.26. The Kier molecular flexibility index (Phi) is 8.28. The van der Waals surface area contributed by atoms with Crippen molar-refractivity contribution in [2.24, 2.45) is 4.99 Å². The number of ether oxygens (including phenoxy) is 3. The van der Waals surface area contributed by atoms with Gasteiger partial charge in [0.05, 0.1) is 13.7 Å². The molecular formula is C17H19N3O5. The van der Waals surface area contributed by atoms with Gasteiger partial charge in [0.2, 0.25) is 0 Å². The molecule has 0 aliphatic rings. The molecule has 0 aliphatic carbocycles. The number of rotatable bonds is 8. The van der Waals surface area contributed by atoms with Crippen molar-refractivity contribution in [3.05, 3.63) is 53.7 Å². The molecule has 25 heavy (non-hydrogen) atoms. The van der Waals surface area contributed by atoms with Crippen LogP contribution in [0, 0.1) is 0 Å². The van der Waals surface area contributed by atoms with E-state index in [0.29, 0.717) is 11.3 Å². The summed E-state index contributed by atoms with van der Waals surface area (Å²) in [6, 6.07) is 1.39. The molecule has 0 N–H and O–H groups in total. The van der Waals surface area contributed by atoms with Gasteiger partial charge in [-0.15, -0.1) is 0 Å². The Balaban J connectivity index is 2.90. The first-order chi connectivity index (χ1) is 12.0. The van der Waals surface area contributed by atoms with E-state index in [1.807, 2.05) is 0 Å². The van der Waals surface area contributed by atoms with Crippen molar-refractivity contribution in [1.82, 2.24) is 9.97 Å². The maximum Gasteiger partial charge on any atom is 0.356 e. The highest BCUT2D eigenvalue weighted by Crippen LogP contribution is 2.11. The van der Waals surface area contributed by atoms with Crippen molar-refractivity contribution < 1.29 is 23.8 Å². The molecule has 8 nitrogen and oxygen atoms in total. The molecule has 0 fully saturated rings. The summed E-state index contributed by atoms with van der Waals surface area (Å²) in [6.07, 6.45) is 7.18. The molecule has 8 heteroatoms. The molecule has 0 bridgehead atoms. The van der Waals surface area contributed by atoms with Crippen molar-refractivity contribution in [2.75, 3.05) is 13.7 Å². The second-order valence-electron chi connectivity index (χ2n) is 4.47. The molecule has 1 heterocycles. The zero-order chi connectivity index (χ0) is 18.7. The third-order valence-corrected chi connectivity index (χ3v) is 2.59. The van der Waals surface area contributed by atoms with Gasteiger partial charge in [0.1, 0.15) is 5.76 Å². The lowest BCUT2D eigenvalue weighted by molar-refractivity contribution is -0.137. The van der Waals surface area contributed by atoms with Gasteiger partial charge in [-0.05, 0) is 44.4 Å². The van der Waals surface area contributed by atoms with E-state index in [0.717, 1.165) is 0 Å². The van der Waals surface area contributed by atoms with Gasteiger partial charge in [-0.25, -0.2) is 14.6 Å². The number of carbonyl (C=O) groups excluding carboxylic acids is 2. The third kappa shape index (κ3) is 7.21. The Labute approximate surface area is 145 Å². The van der Waals surface area contributed by atoms with Gasteiger partial charge in [0.25, 0.3) is 0 Å².